The summed E-state index contributed by atoms with van der Waals surface area (Å²) >= 11 is 8.08. The van der Waals surface area contributed by atoms with E-state index in [0.717, 1.165) is 33.5 Å². The van der Waals surface area contributed by atoms with Crippen LogP contribution in [0.5, 0.6) is 0 Å². The van der Waals surface area contributed by atoms with Crippen molar-refractivity contribution in [3.63, 3.8) is 0 Å². The Kier molecular flexibility index (Phi) is 7.97. The first-order chi connectivity index (χ1) is 20.5. The molecule has 0 saturated carbocycles. The van der Waals surface area contributed by atoms with E-state index in [-0.39, 0.29) is 16.5 Å². The number of aromatic nitrogens is 2. The van der Waals surface area contributed by atoms with Crippen molar-refractivity contribution >= 4 is 32.8 Å². The topological polar surface area (TPSA) is 55.2 Å². The summed E-state index contributed by atoms with van der Waals surface area (Å²) in [6, 6.07) is 25.5. The van der Waals surface area contributed by atoms with Crippen LogP contribution in [0.15, 0.2) is 95.9 Å². The minimum absolute atomic E-state index is 0.246. The summed E-state index contributed by atoms with van der Waals surface area (Å²) in [6.07, 6.45) is -1.83. The van der Waals surface area contributed by atoms with E-state index in [1.165, 1.54) is 23.7 Å². The molecule has 1 saturated heterocycles. The summed E-state index contributed by atoms with van der Waals surface area (Å²) in [6.45, 7) is 1.03. The van der Waals surface area contributed by atoms with Crippen molar-refractivity contribution in [2.45, 2.75) is 36.5 Å². The molecule has 1 unspecified atom stereocenters. The van der Waals surface area contributed by atoms with E-state index in [1.54, 1.807) is 41.1 Å². The van der Waals surface area contributed by atoms with Crippen LogP contribution >= 0.6 is 22.9 Å². The third kappa shape index (κ3) is 6.15. The Labute approximate surface area is 257 Å². The Bertz CT molecular complexity index is 1900. The Morgan fingerprint density at radius 1 is 0.953 bits per heavy atom. The summed E-state index contributed by atoms with van der Waals surface area (Å²) in [4.78, 5) is 4.08. The number of thiophene rings is 1. The first kappa shape index (κ1) is 29.6. The molecule has 1 atom stereocenters. The van der Waals surface area contributed by atoms with Gasteiger partial charge in [0.25, 0.3) is 0 Å². The standard InChI is InChI=1S/C32H27ClF3N3O2S2/c1-43(40,41)23-9-6-8-21(18-23)30-15-16-31(42-30)29-19-22(37-39(29)28-13-5-4-12-26(28)33)20-38-17-7-14-27(38)24-10-2-3-11-25(24)32(34,35)36/h2-6,8-13,15-16,18-19,27H,7,14,17,20H2,1H3. The molecule has 3 aromatic carbocycles. The fourth-order valence-corrected chi connectivity index (χ4v) is 7.51. The number of alkyl halides is 3. The van der Waals surface area contributed by atoms with Gasteiger partial charge in [0.15, 0.2) is 9.84 Å². The lowest BCUT2D eigenvalue weighted by atomic mass is 9.98. The predicted octanol–water partition coefficient (Wildman–Crippen LogP) is 8.68. The van der Waals surface area contributed by atoms with E-state index in [2.05, 4.69) is 4.90 Å². The van der Waals surface area contributed by atoms with E-state index < -0.39 is 21.6 Å². The zero-order valence-electron chi connectivity index (χ0n) is 23.1. The van der Waals surface area contributed by atoms with Crippen LogP contribution in [0.3, 0.4) is 0 Å². The largest absolute Gasteiger partial charge is 0.416 e. The molecule has 0 amide bonds. The molecule has 0 bridgehead atoms. The van der Waals surface area contributed by atoms with Crippen molar-refractivity contribution in [1.29, 1.82) is 0 Å². The molecule has 1 aliphatic rings. The maximum Gasteiger partial charge on any atom is 0.416 e. The lowest BCUT2D eigenvalue weighted by Gasteiger charge is -2.26. The highest BCUT2D eigenvalue weighted by molar-refractivity contribution is 7.90. The summed E-state index contributed by atoms with van der Waals surface area (Å²) in [7, 11) is -3.36. The number of benzene rings is 3. The lowest BCUT2D eigenvalue weighted by Crippen LogP contribution is -2.25. The van der Waals surface area contributed by atoms with Gasteiger partial charge < -0.3 is 0 Å². The Hall–Kier alpha value is -3.44. The molecule has 0 radical (unpaired) electrons. The second kappa shape index (κ2) is 11.6. The normalized spacial score (nSPS) is 16.2. The zero-order valence-corrected chi connectivity index (χ0v) is 25.4. The fraction of sp³-hybridized carbons (Fsp3) is 0.219. The number of nitrogens with zero attached hydrogens (tertiary/aromatic N) is 3. The lowest BCUT2D eigenvalue weighted by molar-refractivity contribution is -0.138. The van der Waals surface area contributed by atoms with E-state index in [4.69, 9.17) is 16.7 Å². The maximum atomic E-state index is 13.9. The molecular weight excluding hydrogens is 615 g/mol. The molecule has 222 valence electrons. The summed E-state index contributed by atoms with van der Waals surface area (Å²) in [5.41, 5.74) is 2.65. The number of halogens is 4. The Balaban J connectivity index is 1.37. The summed E-state index contributed by atoms with van der Waals surface area (Å²) in [5, 5.41) is 5.41. The van der Waals surface area contributed by atoms with Crippen molar-refractivity contribution in [1.82, 2.24) is 14.7 Å². The number of likely N-dealkylation sites (tertiary alicyclic amines) is 1. The summed E-state index contributed by atoms with van der Waals surface area (Å²) in [5.74, 6) is 0. The van der Waals surface area contributed by atoms with E-state index in [0.29, 0.717) is 35.9 Å². The van der Waals surface area contributed by atoms with Gasteiger partial charge in [0, 0.05) is 23.7 Å². The van der Waals surface area contributed by atoms with E-state index in [1.807, 2.05) is 42.5 Å². The number of sulfone groups is 1. The van der Waals surface area contributed by atoms with Crippen molar-refractivity contribution in [2.24, 2.45) is 0 Å². The monoisotopic (exact) mass is 641 g/mol. The molecule has 43 heavy (non-hydrogen) atoms. The third-order valence-corrected chi connectivity index (χ3v) is 10.2. The van der Waals surface area contributed by atoms with Crippen LogP contribution in [0, 0.1) is 0 Å². The van der Waals surface area contributed by atoms with Crippen LogP contribution in [0.25, 0.3) is 26.7 Å². The molecule has 0 aliphatic carbocycles. The van der Waals surface area contributed by atoms with Crippen LogP contribution in [-0.4, -0.2) is 35.9 Å². The number of para-hydroxylation sites is 1. The average molecular weight is 642 g/mol. The Morgan fingerprint density at radius 3 is 2.47 bits per heavy atom. The highest BCUT2D eigenvalue weighted by atomic mass is 35.5. The number of rotatable bonds is 7. The van der Waals surface area contributed by atoms with Gasteiger partial charge in [-0.25, -0.2) is 13.1 Å². The quantitative estimate of drug-likeness (QED) is 0.178. The van der Waals surface area contributed by atoms with Gasteiger partial charge in [-0.15, -0.1) is 11.3 Å². The van der Waals surface area contributed by atoms with Crippen molar-refractivity contribution in [3.8, 4) is 26.7 Å². The molecular formula is C32H27ClF3N3O2S2. The highest BCUT2D eigenvalue weighted by Gasteiger charge is 2.38. The molecule has 6 rings (SSSR count). The second-order valence-electron chi connectivity index (χ2n) is 10.6. The molecule has 0 spiro atoms. The molecule has 0 N–H and O–H groups in total. The minimum atomic E-state index is -4.43. The highest BCUT2D eigenvalue weighted by Crippen LogP contribution is 2.42. The number of hydrogen-bond donors (Lipinski definition) is 0. The van der Waals surface area contributed by atoms with Crippen LogP contribution < -0.4 is 0 Å². The maximum absolute atomic E-state index is 13.9. The van der Waals surface area contributed by atoms with Gasteiger partial charge in [0.1, 0.15) is 0 Å². The Morgan fingerprint density at radius 2 is 1.70 bits per heavy atom. The zero-order chi connectivity index (χ0) is 30.4. The second-order valence-corrected chi connectivity index (χ2v) is 14.1. The smallest absolute Gasteiger partial charge is 0.290 e. The summed E-state index contributed by atoms with van der Waals surface area (Å²) < 4.78 is 67.6. The predicted molar refractivity (Wildman–Crippen MR) is 164 cm³/mol. The van der Waals surface area contributed by atoms with Crippen molar-refractivity contribution in [3.05, 3.63) is 113 Å². The van der Waals surface area contributed by atoms with Gasteiger partial charge in [-0.3, -0.25) is 4.90 Å². The van der Waals surface area contributed by atoms with Crippen molar-refractivity contribution in [2.75, 3.05) is 12.8 Å². The van der Waals surface area contributed by atoms with Crippen LogP contribution in [0.1, 0.15) is 35.7 Å². The van der Waals surface area contributed by atoms with Crippen LogP contribution in [0.2, 0.25) is 5.02 Å². The molecule has 3 heterocycles. The third-order valence-electron chi connectivity index (χ3n) is 7.60. The van der Waals surface area contributed by atoms with Crippen molar-refractivity contribution < 1.29 is 21.6 Å². The van der Waals surface area contributed by atoms with Gasteiger partial charge in [-0.2, -0.15) is 18.3 Å². The molecule has 1 aliphatic heterocycles. The first-order valence-corrected chi connectivity index (χ1v) is 16.7. The first-order valence-electron chi connectivity index (χ1n) is 13.6. The fourth-order valence-electron chi connectivity index (χ4n) is 5.62. The van der Waals surface area contributed by atoms with Gasteiger partial charge in [0.2, 0.25) is 0 Å². The molecule has 2 aromatic heterocycles. The number of hydrogen-bond acceptors (Lipinski definition) is 5. The van der Waals surface area contributed by atoms with Gasteiger partial charge in [-0.1, -0.05) is 54.1 Å². The van der Waals surface area contributed by atoms with Crippen LogP contribution in [0.4, 0.5) is 13.2 Å². The molecule has 5 aromatic rings. The molecule has 11 heteroatoms. The van der Waals surface area contributed by atoms with Gasteiger partial charge in [0.05, 0.1) is 37.4 Å². The van der Waals surface area contributed by atoms with E-state index >= 15 is 0 Å². The van der Waals surface area contributed by atoms with Crippen LogP contribution in [-0.2, 0) is 22.6 Å². The molecule has 1 fully saturated rings. The van der Waals surface area contributed by atoms with Gasteiger partial charge in [-0.05, 0) is 79.0 Å². The van der Waals surface area contributed by atoms with E-state index in [9.17, 15) is 21.6 Å². The SMILES string of the molecule is CS(=O)(=O)c1cccc(-c2ccc(-c3cc(CN4CCCC4c4ccccc4C(F)(F)F)nn3-c3ccccc3Cl)s2)c1. The average Bonchev–Trinajstić information content (AvgIpc) is 3.73. The minimum Gasteiger partial charge on any atom is -0.290 e. The van der Waals surface area contributed by atoms with Gasteiger partial charge >= 0.3 is 6.18 Å². The molecule has 5 nitrogen and oxygen atoms in total.